The molecule has 0 unspecified atom stereocenters. The van der Waals surface area contributed by atoms with Crippen molar-refractivity contribution in [3.8, 4) is 11.4 Å². The molecule has 0 N–H and O–H groups in total. The largest absolute Gasteiger partial charge is 0.450 e. The molecule has 0 radical (unpaired) electrons. The van der Waals surface area contributed by atoms with Crippen LogP contribution in [0.1, 0.15) is 25.8 Å². The maximum Gasteiger partial charge on any atom is 0.409 e. The average molecular weight is 388 g/mol. The van der Waals surface area contributed by atoms with Gasteiger partial charge in [0.05, 0.1) is 13.3 Å². The minimum Gasteiger partial charge on any atom is -0.450 e. The minimum atomic E-state index is -0.231. The second-order valence-electron chi connectivity index (χ2n) is 6.89. The highest BCUT2D eigenvalue weighted by molar-refractivity contribution is 7.71. The van der Waals surface area contributed by atoms with Crippen LogP contribution in [0.25, 0.3) is 11.4 Å². The normalized spacial score (nSPS) is 17.9. The lowest BCUT2D eigenvalue weighted by molar-refractivity contribution is 0.0690. The van der Waals surface area contributed by atoms with Gasteiger partial charge in [-0.3, -0.25) is 14.5 Å². The van der Waals surface area contributed by atoms with E-state index in [2.05, 4.69) is 14.5 Å². The van der Waals surface area contributed by atoms with E-state index >= 15 is 0 Å². The fourth-order valence-electron chi connectivity index (χ4n) is 3.34. The molecule has 1 amide bonds. The zero-order chi connectivity index (χ0) is 18.8. The highest BCUT2D eigenvalue weighted by Crippen LogP contribution is 2.38. The Labute approximate surface area is 163 Å². The first-order valence-corrected chi connectivity index (χ1v) is 9.82. The molecule has 0 aromatic carbocycles. The molecule has 9 heteroatoms. The number of ether oxygens (including phenoxy) is 1. The molecular formula is C18H24N6O2S. The molecule has 3 heterocycles. The highest BCUT2D eigenvalue weighted by atomic mass is 32.1. The number of piperazine rings is 1. The molecule has 0 spiro atoms. The molecule has 2 fully saturated rings. The van der Waals surface area contributed by atoms with Crippen molar-refractivity contribution in [2.24, 2.45) is 0 Å². The van der Waals surface area contributed by atoms with Crippen LogP contribution in [-0.4, -0.2) is 68.0 Å². The van der Waals surface area contributed by atoms with Gasteiger partial charge in [0.1, 0.15) is 0 Å². The molecule has 1 aliphatic carbocycles. The molecule has 1 saturated heterocycles. The van der Waals surface area contributed by atoms with Crippen LogP contribution in [0.3, 0.4) is 0 Å². The van der Waals surface area contributed by atoms with E-state index in [1.165, 1.54) is 0 Å². The van der Waals surface area contributed by atoms with Gasteiger partial charge in [0.15, 0.2) is 10.6 Å². The van der Waals surface area contributed by atoms with Gasteiger partial charge in [0, 0.05) is 50.2 Å². The van der Waals surface area contributed by atoms with E-state index in [0.29, 0.717) is 32.4 Å². The summed E-state index contributed by atoms with van der Waals surface area (Å²) in [5.41, 5.74) is 0.987. The van der Waals surface area contributed by atoms with Crippen molar-refractivity contribution in [2.75, 3.05) is 32.8 Å². The molecule has 2 aromatic rings. The third kappa shape index (κ3) is 3.89. The van der Waals surface area contributed by atoms with Crippen LogP contribution < -0.4 is 0 Å². The first-order chi connectivity index (χ1) is 13.2. The quantitative estimate of drug-likeness (QED) is 0.734. The summed E-state index contributed by atoms with van der Waals surface area (Å²) in [7, 11) is 0. The monoisotopic (exact) mass is 388 g/mol. The predicted molar refractivity (Wildman–Crippen MR) is 103 cm³/mol. The summed E-state index contributed by atoms with van der Waals surface area (Å²) >= 11 is 5.73. The van der Waals surface area contributed by atoms with Gasteiger partial charge < -0.3 is 9.64 Å². The Bertz CT molecular complexity index is 852. The number of aromatic nitrogens is 4. The fourth-order valence-corrected chi connectivity index (χ4v) is 3.68. The van der Waals surface area contributed by atoms with Crippen LogP contribution in [0.5, 0.6) is 0 Å². The van der Waals surface area contributed by atoms with Gasteiger partial charge >= 0.3 is 6.09 Å². The molecule has 27 heavy (non-hydrogen) atoms. The number of carbonyl (C=O) groups excluding carboxylic acids is 1. The Balaban J connectivity index is 1.49. The molecule has 1 aliphatic heterocycles. The van der Waals surface area contributed by atoms with E-state index in [-0.39, 0.29) is 6.09 Å². The van der Waals surface area contributed by atoms with Crippen molar-refractivity contribution >= 4 is 18.3 Å². The van der Waals surface area contributed by atoms with Crippen LogP contribution in [0.2, 0.25) is 0 Å². The molecule has 2 aromatic heterocycles. The molecule has 144 valence electrons. The summed E-state index contributed by atoms with van der Waals surface area (Å²) in [5, 5.41) is 4.81. The number of rotatable bonds is 5. The van der Waals surface area contributed by atoms with Gasteiger partial charge in [-0.2, -0.15) is 5.10 Å². The topological polar surface area (TPSA) is 68.4 Å². The highest BCUT2D eigenvalue weighted by Gasteiger charge is 2.30. The maximum atomic E-state index is 11.8. The second kappa shape index (κ2) is 7.77. The lowest BCUT2D eigenvalue weighted by Crippen LogP contribution is -2.49. The van der Waals surface area contributed by atoms with Crippen molar-refractivity contribution in [2.45, 2.75) is 32.5 Å². The molecule has 4 rings (SSSR count). The molecule has 2 aliphatic rings. The van der Waals surface area contributed by atoms with Gasteiger partial charge in [-0.05, 0) is 44.1 Å². The van der Waals surface area contributed by atoms with Crippen molar-refractivity contribution in [1.29, 1.82) is 0 Å². The van der Waals surface area contributed by atoms with Crippen LogP contribution >= 0.6 is 12.2 Å². The van der Waals surface area contributed by atoms with Gasteiger partial charge in [0.25, 0.3) is 0 Å². The first kappa shape index (κ1) is 18.1. The van der Waals surface area contributed by atoms with Crippen LogP contribution in [0, 0.1) is 4.77 Å². The molecule has 8 nitrogen and oxygen atoms in total. The summed E-state index contributed by atoms with van der Waals surface area (Å²) in [6.07, 6.45) is 5.65. The summed E-state index contributed by atoms with van der Waals surface area (Å²) in [5.74, 6) is 0.890. The number of hydrogen-bond acceptors (Lipinski definition) is 6. The van der Waals surface area contributed by atoms with Crippen molar-refractivity contribution < 1.29 is 9.53 Å². The lowest BCUT2D eigenvalue weighted by Gasteiger charge is -2.33. The number of pyridine rings is 1. The lowest BCUT2D eigenvalue weighted by atomic mass is 10.3. The van der Waals surface area contributed by atoms with Crippen LogP contribution in [-0.2, 0) is 11.4 Å². The Morgan fingerprint density at radius 2 is 2.07 bits per heavy atom. The number of amides is 1. The first-order valence-electron chi connectivity index (χ1n) is 9.41. The molecule has 0 bridgehead atoms. The summed E-state index contributed by atoms with van der Waals surface area (Å²) < 4.78 is 9.90. The Morgan fingerprint density at radius 3 is 2.70 bits per heavy atom. The van der Waals surface area contributed by atoms with E-state index in [4.69, 9.17) is 22.1 Å². The third-order valence-corrected chi connectivity index (χ3v) is 5.34. The molecule has 1 saturated carbocycles. The maximum absolute atomic E-state index is 11.8. The molecular weight excluding hydrogens is 364 g/mol. The zero-order valence-electron chi connectivity index (χ0n) is 15.5. The van der Waals surface area contributed by atoms with E-state index in [1.807, 2.05) is 29.9 Å². The van der Waals surface area contributed by atoms with E-state index in [9.17, 15) is 4.79 Å². The van der Waals surface area contributed by atoms with Crippen molar-refractivity contribution in [3.05, 3.63) is 29.3 Å². The standard InChI is InChI=1S/C18H24N6O2S/c1-2-26-18(25)22-10-8-21(9-11-22)13-23-17(27)24(15-5-6-15)16(20-23)14-4-3-7-19-12-14/h3-4,7,12,15H,2,5-6,8-11,13H2,1H3. The second-order valence-corrected chi connectivity index (χ2v) is 7.26. The Hall–Kier alpha value is -2.26. The van der Waals surface area contributed by atoms with E-state index in [1.54, 1.807) is 11.1 Å². The van der Waals surface area contributed by atoms with Crippen molar-refractivity contribution in [3.63, 3.8) is 0 Å². The Kier molecular flexibility index (Phi) is 5.22. The van der Waals surface area contributed by atoms with Gasteiger partial charge in [-0.1, -0.05) is 0 Å². The summed E-state index contributed by atoms with van der Waals surface area (Å²) in [6.45, 7) is 5.73. The number of carbonyl (C=O) groups is 1. The third-order valence-electron chi connectivity index (χ3n) is 4.93. The average Bonchev–Trinajstić information content (AvgIpc) is 3.48. The predicted octanol–water partition coefficient (Wildman–Crippen LogP) is 2.54. The number of nitrogens with zero attached hydrogens (tertiary/aromatic N) is 6. The summed E-state index contributed by atoms with van der Waals surface area (Å²) in [6, 6.07) is 4.39. The van der Waals surface area contributed by atoms with Gasteiger partial charge in [0.2, 0.25) is 0 Å². The van der Waals surface area contributed by atoms with Gasteiger partial charge in [-0.15, -0.1) is 0 Å². The van der Waals surface area contributed by atoms with Crippen LogP contribution in [0.15, 0.2) is 24.5 Å². The summed E-state index contributed by atoms with van der Waals surface area (Å²) in [4.78, 5) is 20.1. The number of hydrogen-bond donors (Lipinski definition) is 0. The smallest absolute Gasteiger partial charge is 0.409 e. The Morgan fingerprint density at radius 1 is 1.30 bits per heavy atom. The SMILES string of the molecule is CCOC(=O)N1CCN(Cn2nc(-c3cccnc3)n(C3CC3)c2=S)CC1. The molecule has 0 atom stereocenters. The van der Waals surface area contributed by atoms with Crippen molar-refractivity contribution in [1.82, 2.24) is 29.1 Å². The van der Waals surface area contributed by atoms with Crippen LogP contribution in [0.4, 0.5) is 4.79 Å². The zero-order valence-corrected chi connectivity index (χ0v) is 16.3. The minimum absolute atomic E-state index is 0.231. The van der Waals surface area contributed by atoms with E-state index < -0.39 is 0 Å². The van der Waals surface area contributed by atoms with Gasteiger partial charge in [-0.25, -0.2) is 9.48 Å². The van der Waals surface area contributed by atoms with E-state index in [0.717, 1.165) is 42.1 Å². The fraction of sp³-hybridized carbons (Fsp3) is 0.556.